The molecule has 4 aliphatic heterocycles. The van der Waals surface area contributed by atoms with Crippen LogP contribution in [-0.4, -0.2) is 150 Å². The molecule has 1 N–H and O–H groups in total. The number of ketones is 1. The third kappa shape index (κ3) is 10.5. The second-order valence-electron chi connectivity index (χ2n) is 18.7. The Morgan fingerprint density at radius 2 is 1.67 bits per heavy atom. The summed E-state index contributed by atoms with van der Waals surface area (Å²) < 4.78 is 57.1. The molecule has 17 heteroatoms. The minimum Gasteiger partial charge on any atom is -0.458 e. The van der Waals surface area contributed by atoms with E-state index in [-0.39, 0.29) is 43.9 Å². The standard InChI is InChI=1S/C46H70FN3O13/c1-13-20-48(11)33-22-27(5)59-41(36(33)52)62-39-29(7)37(61-44(56)50-26(4)24-58-43(50)55)30(8)40(53)60-34(14-2)46(10)38(28(6)35(51)25(3)23-45(39,9)57-12)49(42(54)63-46)21-19-31-15-17-32(47)18-16-31/h15-18,25-30,33-34,36-39,41,52H,13-14,19-24H2,1-12H3/t25-,26+,27-,28+,29+,30-,33+,34-,36-,37+,38-,39-,41+,45+,46-/m1/s1. The van der Waals surface area contributed by atoms with Crippen LogP contribution in [0.4, 0.5) is 18.8 Å². The quantitative estimate of drug-likeness (QED) is 0.198. The van der Waals surface area contributed by atoms with Gasteiger partial charge in [-0.05, 0) is 98.0 Å². The summed E-state index contributed by atoms with van der Waals surface area (Å²) in [6.45, 7) is 18.3. The van der Waals surface area contributed by atoms with E-state index >= 15 is 0 Å². The van der Waals surface area contributed by atoms with Crippen molar-refractivity contribution in [2.75, 3.05) is 33.9 Å². The van der Waals surface area contributed by atoms with Crippen LogP contribution < -0.4 is 0 Å². The van der Waals surface area contributed by atoms with E-state index in [9.17, 15) is 33.5 Å². The fraction of sp³-hybridized carbons (Fsp3) is 0.761. The number of amides is 3. The Labute approximate surface area is 371 Å². The van der Waals surface area contributed by atoms with E-state index in [2.05, 4.69) is 4.90 Å². The summed E-state index contributed by atoms with van der Waals surface area (Å²) in [5, 5.41) is 11.9. The van der Waals surface area contributed by atoms with E-state index < -0.39 is 108 Å². The lowest BCUT2D eigenvalue weighted by Crippen LogP contribution is -2.61. The highest BCUT2D eigenvalue weighted by Gasteiger charge is 2.60. The number of cyclic esters (lactones) is 2. The second kappa shape index (κ2) is 20.5. The number of rotatable bonds is 11. The summed E-state index contributed by atoms with van der Waals surface area (Å²) in [6.07, 6.45) is -7.00. The molecule has 3 amide bonds. The fourth-order valence-corrected chi connectivity index (χ4v) is 10.3. The van der Waals surface area contributed by atoms with Gasteiger partial charge in [0.15, 0.2) is 11.9 Å². The zero-order chi connectivity index (χ0) is 46.7. The Bertz CT molecular complexity index is 1790. The highest BCUT2D eigenvalue weighted by molar-refractivity contribution is 5.90. The van der Waals surface area contributed by atoms with Crippen molar-refractivity contribution in [3.05, 3.63) is 35.6 Å². The van der Waals surface area contributed by atoms with Crippen LogP contribution in [0.15, 0.2) is 24.3 Å². The molecule has 354 valence electrons. The van der Waals surface area contributed by atoms with Crippen LogP contribution in [-0.2, 0) is 49.2 Å². The van der Waals surface area contributed by atoms with Gasteiger partial charge in [0.05, 0.1) is 35.8 Å². The first kappa shape index (κ1) is 50.1. The van der Waals surface area contributed by atoms with Gasteiger partial charge in [-0.25, -0.2) is 23.7 Å². The predicted octanol–water partition coefficient (Wildman–Crippen LogP) is 6.13. The predicted molar refractivity (Wildman–Crippen MR) is 227 cm³/mol. The largest absolute Gasteiger partial charge is 0.458 e. The summed E-state index contributed by atoms with van der Waals surface area (Å²) in [4.78, 5) is 74.7. The maximum Gasteiger partial charge on any atom is 0.419 e. The molecule has 0 radical (unpaired) electrons. The SMILES string of the molecule is CCCN(C)[C@H]1C[C@@H](C)O[C@@H](O[C@@H]2[C@@H](C)[C@H](OC(=O)N3C(=O)OC[C@@H]3C)[C@@H](C)C(=O)O[C@H](CC)[C@@]3(C)OC(=O)N(CCc4ccc(F)cc4)[C@@H]3[C@@H](C)C(=O)[C@H](C)C[C@]2(C)OC)[C@@H]1O. The number of hydrogen-bond acceptors (Lipinski definition) is 14. The smallest absolute Gasteiger partial charge is 0.419 e. The number of fused-ring (bicyclic) bond motifs is 1. The first-order valence-electron chi connectivity index (χ1n) is 22.5. The number of Topliss-reactive ketones (excluding diaryl/α,β-unsaturated/α-hetero) is 1. The Hall–Kier alpha value is -3.90. The summed E-state index contributed by atoms with van der Waals surface area (Å²) in [5.41, 5.74) is -2.16. The molecule has 1 aromatic carbocycles. The van der Waals surface area contributed by atoms with Crippen LogP contribution in [0.25, 0.3) is 0 Å². The molecule has 4 heterocycles. The molecule has 63 heavy (non-hydrogen) atoms. The molecule has 4 aliphatic rings. The molecule has 5 rings (SSSR count). The molecule has 15 atom stereocenters. The Morgan fingerprint density at radius 1 is 1.00 bits per heavy atom. The van der Waals surface area contributed by atoms with Crippen molar-refractivity contribution in [1.29, 1.82) is 0 Å². The van der Waals surface area contributed by atoms with Gasteiger partial charge in [-0.3, -0.25) is 14.5 Å². The van der Waals surface area contributed by atoms with Gasteiger partial charge in [0.2, 0.25) is 0 Å². The maximum absolute atomic E-state index is 14.9. The number of imide groups is 1. The molecule has 4 fully saturated rings. The number of halogens is 1. The fourth-order valence-electron chi connectivity index (χ4n) is 10.3. The van der Waals surface area contributed by atoms with Crippen molar-refractivity contribution in [1.82, 2.24) is 14.7 Å². The van der Waals surface area contributed by atoms with Gasteiger partial charge in [0.1, 0.15) is 36.5 Å². The Balaban J connectivity index is 1.62. The van der Waals surface area contributed by atoms with Crippen LogP contribution in [0.5, 0.6) is 0 Å². The number of esters is 1. The minimum atomic E-state index is -1.53. The molecule has 16 nitrogen and oxygen atoms in total. The van der Waals surface area contributed by atoms with E-state index in [1.165, 1.54) is 31.1 Å². The summed E-state index contributed by atoms with van der Waals surface area (Å²) >= 11 is 0. The molecule has 0 aromatic heterocycles. The van der Waals surface area contributed by atoms with Crippen molar-refractivity contribution in [3.8, 4) is 0 Å². The summed E-state index contributed by atoms with van der Waals surface area (Å²) in [6, 6.07) is 4.00. The number of likely N-dealkylation sites (N-methyl/N-ethyl adjacent to an activating group) is 1. The summed E-state index contributed by atoms with van der Waals surface area (Å²) in [5.74, 6) is -5.22. The van der Waals surface area contributed by atoms with Crippen LogP contribution >= 0.6 is 0 Å². The van der Waals surface area contributed by atoms with Crippen LogP contribution in [0.1, 0.15) is 100 Å². The molecular weight excluding hydrogens is 822 g/mol. The molecule has 0 unspecified atom stereocenters. The number of methoxy groups -OCH3 is 1. The zero-order valence-electron chi connectivity index (χ0n) is 39.0. The molecule has 0 bridgehead atoms. The van der Waals surface area contributed by atoms with Crippen LogP contribution in [0, 0.1) is 29.5 Å². The highest BCUT2D eigenvalue weighted by Crippen LogP contribution is 2.44. The third-order valence-corrected chi connectivity index (χ3v) is 13.9. The minimum absolute atomic E-state index is 0.0409. The zero-order valence-corrected chi connectivity index (χ0v) is 39.0. The first-order valence-corrected chi connectivity index (χ1v) is 22.5. The lowest BCUT2D eigenvalue weighted by atomic mass is 9.73. The van der Waals surface area contributed by atoms with E-state index in [0.717, 1.165) is 16.9 Å². The lowest BCUT2D eigenvalue weighted by Gasteiger charge is -2.48. The number of carbonyl (C=O) groups is 5. The second-order valence-corrected chi connectivity index (χ2v) is 18.7. The normalized spacial score (nSPS) is 38.2. The highest BCUT2D eigenvalue weighted by atomic mass is 19.1. The number of ether oxygens (including phenoxy) is 7. The molecule has 0 saturated carbocycles. The van der Waals surface area contributed by atoms with Crippen molar-refractivity contribution in [2.24, 2.45) is 23.7 Å². The van der Waals surface area contributed by atoms with Gasteiger partial charge in [0.25, 0.3) is 0 Å². The number of aliphatic hydroxyl groups is 1. The van der Waals surface area contributed by atoms with Crippen molar-refractivity contribution < 1.29 is 66.6 Å². The number of hydrogen-bond donors (Lipinski definition) is 1. The van der Waals surface area contributed by atoms with Gasteiger partial charge < -0.3 is 43.2 Å². The lowest BCUT2D eigenvalue weighted by molar-refractivity contribution is -0.302. The van der Waals surface area contributed by atoms with Crippen LogP contribution in [0.2, 0.25) is 0 Å². The van der Waals surface area contributed by atoms with Crippen molar-refractivity contribution in [2.45, 2.75) is 167 Å². The number of carbonyl (C=O) groups excluding carboxylic acids is 5. The van der Waals surface area contributed by atoms with Crippen LogP contribution in [0.3, 0.4) is 0 Å². The van der Waals surface area contributed by atoms with Gasteiger partial charge in [-0.1, -0.05) is 46.8 Å². The van der Waals surface area contributed by atoms with Crippen molar-refractivity contribution >= 4 is 30.0 Å². The van der Waals surface area contributed by atoms with E-state index in [1.54, 1.807) is 60.6 Å². The number of nitrogens with zero attached hydrogens (tertiary/aromatic N) is 3. The molecule has 0 aliphatic carbocycles. The number of benzene rings is 1. The summed E-state index contributed by atoms with van der Waals surface area (Å²) in [7, 11) is 3.40. The van der Waals surface area contributed by atoms with Gasteiger partial charge >= 0.3 is 24.2 Å². The Morgan fingerprint density at radius 3 is 2.25 bits per heavy atom. The average molecular weight is 892 g/mol. The Kier molecular flexibility index (Phi) is 16.3. The third-order valence-electron chi connectivity index (χ3n) is 13.9. The maximum atomic E-state index is 14.9. The number of aliphatic hydroxyl groups excluding tert-OH is 1. The molecule has 1 aromatic rings. The monoisotopic (exact) mass is 891 g/mol. The van der Waals surface area contributed by atoms with E-state index in [1.807, 2.05) is 20.9 Å². The molecular formula is C46H70FN3O13. The van der Waals surface area contributed by atoms with Gasteiger partial charge in [0, 0.05) is 37.5 Å². The van der Waals surface area contributed by atoms with Crippen molar-refractivity contribution in [3.63, 3.8) is 0 Å². The molecule has 4 saturated heterocycles. The van der Waals surface area contributed by atoms with Gasteiger partial charge in [-0.2, -0.15) is 0 Å². The molecule has 0 spiro atoms. The first-order chi connectivity index (χ1) is 29.6. The average Bonchev–Trinajstić information content (AvgIpc) is 3.72. The van der Waals surface area contributed by atoms with Gasteiger partial charge in [-0.15, -0.1) is 0 Å². The van der Waals surface area contributed by atoms with E-state index in [0.29, 0.717) is 19.4 Å². The van der Waals surface area contributed by atoms with E-state index in [4.69, 9.17) is 33.2 Å². The topological polar surface area (TPSA) is 180 Å².